The highest BCUT2D eigenvalue weighted by molar-refractivity contribution is 5.86. The van der Waals surface area contributed by atoms with Gasteiger partial charge in [0.25, 0.3) is 0 Å². The second-order valence-corrected chi connectivity index (χ2v) is 4.07. The van der Waals surface area contributed by atoms with Crippen LogP contribution in [0.25, 0.3) is 0 Å². The largest absolute Gasteiger partial charge is 0.478 e. The van der Waals surface area contributed by atoms with Gasteiger partial charge < -0.3 is 5.11 Å². The fraction of sp³-hybridized carbons (Fsp3) is 0.429. The minimum atomic E-state index is -0.822. The van der Waals surface area contributed by atoms with Crippen LogP contribution in [0.5, 0.6) is 0 Å². The van der Waals surface area contributed by atoms with Gasteiger partial charge in [-0.15, -0.1) is 0 Å². The van der Waals surface area contributed by atoms with E-state index in [2.05, 4.69) is 16.8 Å². The number of hydrogen-bond acceptors (Lipinski definition) is 3. The number of aliphatic carboxylic acids is 1. The Morgan fingerprint density at radius 2 is 2.06 bits per heavy atom. The van der Waals surface area contributed by atoms with Crippen LogP contribution in [0, 0.1) is 0 Å². The van der Waals surface area contributed by atoms with Crippen LogP contribution in [0.4, 0.5) is 0 Å². The minimum Gasteiger partial charge on any atom is -0.478 e. The molecule has 0 aliphatic heterocycles. The third kappa shape index (κ3) is 4.67. The second-order valence-electron chi connectivity index (χ2n) is 4.07. The van der Waals surface area contributed by atoms with E-state index in [0.717, 1.165) is 13.1 Å². The minimum absolute atomic E-state index is 0.475. The molecular formula is C14H20N2O2. The summed E-state index contributed by atoms with van der Waals surface area (Å²) in [5.41, 5.74) is 1.66. The molecule has 0 aliphatic carbocycles. The van der Waals surface area contributed by atoms with E-state index in [1.54, 1.807) is 18.5 Å². The molecule has 0 saturated heterocycles. The zero-order valence-corrected chi connectivity index (χ0v) is 11.0. The Bertz CT molecular complexity index is 402. The first-order chi connectivity index (χ1) is 8.67. The summed E-state index contributed by atoms with van der Waals surface area (Å²) in [5.74, 6) is -0.822. The van der Waals surface area contributed by atoms with E-state index in [1.165, 1.54) is 5.56 Å². The number of carboxylic acids is 1. The topological polar surface area (TPSA) is 53.4 Å². The predicted octanol–water partition coefficient (Wildman–Crippen LogP) is 2.32. The van der Waals surface area contributed by atoms with Crippen molar-refractivity contribution in [1.82, 2.24) is 9.88 Å². The van der Waals surface area contributed by atoms with Crippen molar-refractivity contribution in [3.05, 3.63) is 41.7 Å². The summed E-state index contributed by atoms with van der Waals surface area (Å²) in [6.45, 7) is 6.29. The Labute approximate surface area is 108 Å². The van der Waals surface area contributed by atoms with E-state index >= 15 is 0 Å². The Kier molecular flexibility index (Phi) is 6.08. The van der Waals surface area contributed by atoms with E-state index in [4.69, 9.17) is 5.11 Å². The summed E-state index contributed by atoms with van der Waals surface area (Å²) in [4.78, 5) is 17.1. The first kappa shape index (κ1) is 14.4. The Morgan fingerprint density at radius 1 is 1.39 bits per heavy atom. The monoisotopic (exact) mass is 248 g/mol. The lowest BCUT2D eigenvalue weighted by Gasteiger charge is -2.18. The molecule has 0 aromatic carbocycles. The molecular weight excluding hydrogens is 228 g/mol. The second kappa shape index (κ2) is 7.61. The summed E-state index contributed by atoms with van der Waals surface area (Å²) < 4.78 is 0. The van der Waals surface area contributed by atoms with Crippen LogP contribution in [-0.2, 0) is 11.3 Å². The molecule has 1 aromatic heterocycles. The third-order valence-corrected chi connectivity index (χ3v) is 2.85. The van der Waals surface area contributed by atoms with Crippen LogP contribution < -0.4 is 0 Å². The quantitative estimate of drug-likeness (QED) is 0.752. The van der Waals surface area contributed by atoms with Crippen molar-refractivity contribution in [2.24, 2.45) is 0 Å². The first-order valence-electron chi connectivity index (χ1n) is 6.21. The molecule has 98 valence electrons. The van der Waals surface area contributed by atoms with Gasteiger partial charge in [-0.05, 0) is 30.7 Å². The summed E-state index contributed by atoms with van der Waals surface area (Å²) in [6, 6.07) is 3.95. The van der Waals surface area contributed by atoms with Crippen LogP contribution in [-0.4, -0.2) is 34.0 Å². The van der Waals surface area contributed by atoms with Gasteiger partial charge in [0.2, 0.25) is 0 Å². The highest BCUT2D eigenvalue weighted by Crippen LogP contribution is 2.05. The van der Waals surface area contributed by atoms with Crippen molar-refractivity contribution in [3.63, 3.8) is 0 Å². The number of likely N-dealkylation sites (N-methyl/N-ethyl adjacent to an activating group) is 1. The number of rotatable bonds is 7. The van der Waals surface area contributed by atoms with E-state index in [9.17, 15) is 4.79 Å². The molecule has 0 atom stereocenters. The molecule has 4 nitrogen and oxygen atoms in total. The van der Waals surface area contributed by atoms with E-state index in [1.807, 2.05) is 19.1 Å². The normalized spacial score (nSPS) is 11.8. The van der Waals surface area contributed by atoms with Crippen LogP contribution in [0.1, 0.15) is 25.8 Å². The van der Waals surface area contributed by atoms with Gasteiger partial charge in [-0.3, -0.25) is 9.88 Å². The third-order valence-electron chi connectivity index (χ3n) is 2.85. The number of nitrogens with zero attached hydrogens (tertiary/aromatic N) is 2. The van der Waals surface area contributed by atoms with Gasteiger partial charge in [0.1, 0.15) is 0 Å². The summed E-state index contributed by atoms with van der Waals surface area (Å²) in [7, 11) is 0. The van der Waals surface area contributed by atoms with Gasteiger partial charge in [0, 0.05) is 31.1 Å². The standard InChI is InChI=1S/C14H20N2O2/c1-3-13(14(17)18)7-10-16(4-2)11-12-5-8-15-9-6-12/h5-9H,3-4,10-11H2,1-2H3,(H,17,18). The summed E-state index contributed by atoms with van der Waals surface area (Å²) in [6.07, 6.45) is 5.90. The number of carboxylic acid groups (broad SMARTS) is 1. The number of pyridine rings is 1. The fourth-order valence-corrected chi connectivity index (χ4v) is 1.67. The molecule has 1 N–H and O–H groups in total. The van der Waals surface area contributed by atoms with Crippen molar-refractivity contribution in [1.29, 1.82) is 0 Å². The van der Waals surface area contributed by atoms with Gasteiger partial charge in [-0.1, -0.05) is 19.9 Å². The Morgan fingerprint density at radius 3 is 2.56 bits per heavy atom. The molecule has 0 amide bonds. The van der Waals surface area contributed by atoms with E-state index < -0.39 is 5.97 Å². The van der Waals surface area contributed by atoms with Crippen molar-refractivity contribution in [2.75, 3.05) is 13.1 Å². The average molecular weight is 248 g/mol. The maximum Gasteiger partial charge on any atom is 0.331 e. The molecule has 1 aromatic rings. The zero-order chi connectivity index (χ0) is 13.4. The number of aromatic nitrogens is 1. The molecule has 0 unspecified atom stereocenters. The van der Waals surface area contributed by atoms with Crippen LogP contribution in [0.3, 0.4) is 0 Å². The van der Waals surface area contributed by atoms with E-state index in [0.29, 0.717) is 18.5 Å². The van der Waals surface area contributed by atoms with E-state index in [-0.39, 0.29) is 0 Å². The molecule has 1 heterocycles. The fourth-order valence-electron chi connectivity index (χ4n) is 1.67. The van der Waals surface area contributed by atoms with Crippen LogP contribution >= 0.6 is 0 Å². The molecule has 4 heteroatoms. The zero-order valence-electron chi connectivity index (χ0n) is 11.0. The highest BCUT2D eigenvalue weighted by Gasteiger charge is 2.06. The van der Waals surface area contributed by atoms with Gasteiger partial charge in [-0.2, -0.15) is 0 Å². The molecule has 0 saturated carbocycles. The van der Waals surface area contributed by atoms with Crippen molar-refractivity contribution in [2.45, 2.75) is 26.8 Å². The molecule has 18 heavy (non-hydrogen) atoms. The van der Waals surface area contributed by atoms with Crippen LogP contribution in [0.15, 0.2) is 36.2 Å². The van der Waals surface area contributed by atoms with Crippen molar-refractivity contribution in [3.8, 4) is 0 Å². The number of carbonyl (C=O) groups is 1. The number of hydrogen-bond donors (Lipinski definition) is 1. The molecule has 0 spiro atoms. The van der Waals surface area contributed by atoms with Crippen molar-refractivity contribution >= 4 is 5.97 Å². The molecule has 0 fully saturated rings. The van der Waals surface area contributed by atoms with Crippen molar-refractivity contribution < 1.29 is 9.90 Å². The Balaban J connectivity index is 2.60. The van der Waals surface area contributed by atoms with Gasteiger partial charge in [0.05, 0.1) is 0 Å². The Hall–Kier alpha value is -1.68. The lowest BCUT2D eigenvalue weighted by Crippen LogP contribution is -2.23. The summed E-state index contributed by atoms with van der Waals surface area (Å²) in [5, 5.41) is 8.95. The summed E-state index contributed by atoms with van der Waals surface area (Å²) >= 11 is 0. The van der Waals surface area contributed by atoms with Gasteiger partial charge in [-0.25, -0.2) is 4.79 Å². The predicted molar refractivity (Wildman–Crippen MR) is 71.2 cm³/mol. The highest BCUT2D eigenvalue weighted by atomic mass is 16.4. The van der Waals surface area contributed by atoms with Crippen LogP contribution in [0.2, 0.25) is 0 Å². The molecule has 0 aliphatic rings. The van der Waals surface area contributed by atoms with Gasteiger partial charge in [0.15, 0.2) is 0 Å². The van der Waals surface area contributed by atoms with Gasteiger partial charge >= 0.3 is 5.97 Å². The lowest BCUT2D eigenvalue weighted by molar-refractivity contribution is -0.132. The molecule has 0 bridgehead atoms. The SMILES string of the molecule is CCC(=CCN(CC)Cc1ccncc1)C(=O)O. The lowest BCUT2D eigenvalue weighted by atomic mass is 10.2. The maximum absolute atomic E-state index is 10.9. The molecule has 1 rings (SSSR count). The smallest absolute Gasteiger partial charge is 0.331 e. The average Bonchev–Trinajstić information content (AvgIpc) is 2.38. The molecule has 0 radical (unpaired) electrons. The maximum atomic E-state index is 10.9. The first-order valence-corrected chi connectivity index (χ1v) is 6.21.